The second-order valence-electron chi connectivity index (χ2n) is 6.65. The number of amides is 1. The molecule has 1 saturated heterocycles. The third-order valence-corrected chi connectivity index (χ3v) is 4.33. The molecule has 2 aliphatic heterocycles. The normalized spacial score (nSPS) is 24.6. The van der Waals surface area contributed by atoms with Gasteiger partial charge >= 0.3 is 0 Å². The number of ether oxygens (including phenoxy) is 2. The Hall–Kier alpha value is -1.59. The summed E-state index contributed by atoms with van der Waals surface area (Å²) >= 11 is 0. The monoisotopic (exact) mass is 318 g/mol. The van der Waals surface area contributed by atoms with Gasteiger partial charge in [-0.1, -0.05) is 12.1 Å². The molecule has 2 aliphatic rings. The average molecular weight is 318 g/mol. The number of hydrogen-bond donors (Lipinski definition) is 2. The Morgan fingerprint density at radius 2 is 2.35 bits per heavy atom. The molecule has 1 aromatic rings. The topological polar surface area (TPSA) is 59.6 Å². The van der Waals surface area contributed by atoms with Gasteiger partial charge in [-0.3, -0.25) is 4.79 Å². The summed E-state index contributed by atoms with van der Waals surface area (Å²) in [6.45, 7) is 6.44. The minimum Gasteiger partial charge on any atom is -0.490 e. The van der Waals surface area contributed by atoms with E-state index in [1.165, 1.54) is 11.1 Å². The van der Waals surface area contributed by atoms with Gasteiger partial charge in [-0.25, -0.2) is 0 Å². The van der Waals surface area contributed by atoms with Crippen molar-refractivity contribution in [3.63, 3.8) is 0 Å². The maximum Gasteiger partial charge on any atom is 0.222 e. The van der Waals surface area contributed by atoms with Crippen molar-refractivity contribution in [1.82, 2.24) is 10.6 Å². The standard InChI is InChI=1S/C18H26N2O3/c1-12(20-18(21)10-16-11-19-5-6-22-16)7-14-3-4-17-15(9-14)8-13(2)23-17/h3-4,9,12-13,16,19H,5-8,10-11H2,1-2H3,(H,20,21)/t12-,13?,16?/m1/s1. The molecule has 0 aliphatic carbocycles. The summed E-state index contributed by atoms with van der Waals surface area (Å²) in [5, 5.41) is 6.32. The minimum atomic E-state index is -0.00502. The van der Waals surface area contributed by atoms with Crippen LogP contribution in [-0.4, -0.2) is 43.9 Å². The third-order valence-electron chi connectivity index (χ3n) is 4.33. The Morgan fingerprint density at radius 1 is 1.48 bits per heavy atom. The Bertz CT molecular complexity index is 555. The second kappa shape index (κ2) is 7.32. The molecule has 0 radical (unpaired) electrons. The number of fused-ring (bicyclic) bond motifs is 1. The minimum absolute atomic E-state index is 0.00502. The van der Waals surface area contributed by atoms with Crippen molar-refractivity contribution in [2.45, 2.75) is 51.4 Å². The molecular weight excluding hydrogens is 292 g/mol. The van der Waals surface area contributed by atoms with Crippen molar-refractivity contribution in [2.75, 3.05) is 19.7 Å². The maximum absolute atomic E-state index is 12.1. The van der Waals surface area contributed by atoms with Crippen LogP contribution in [0.1, 0.15) is 31.4 Å². The molecule has 126 valence electrons. The molecule has 0 spiro atoms. The molecule has 3 atom stereocenters. The first-order valence-electron chi connectivity index (χ1n) is 8.50. The summed E-state index contributed by atoms with van der Waals surface area (Å²) in [6.07, 6.45) is 2.48. The van der Waals surface area contributed by atoms with E-state index in [1.807, 2.05) is 13.0 Å². The van der Waals surface area contributed by atoms with Gasteiger partial charge in [0.2, 0.25) is 5.91 Å². The van der Waals surface area contributed by atoms with Crippen LogP contribution in [0, 0.1) is 0 Å². The molecule has 1 amide bonds. The smallest absolute Gasteiger partial charge is 0.222 e. The zero-order valence-electron chi connectivity index (χ0n) is 13.9. The molecule has 5 heteroatoms. The molecule has 2 unspecified atom stereocenters. The lowest BCUT2D eigenvalue weighted by atomic mass is 10.0. The zero-order valence-corrected chi connectivity index (χ0v) is 13.9. The first kappa shape index (κ1) is 16.3. The molecule has 1 fully saturated rings. The van der Waals surface area contributed by atoms with Gasteiger partial charge in [-0.15, -0.1) is 0 Å². The summed E-state index contributed by atoms with van der Waals surface area (Å²) in [5.41, 5.74) is 2.51. The molecule has 3 rings (SSSR count). The van der Waals surface area contributed by atoms with Gasteiger partial charge in [-0.2, -0.15) is 0 Å². The summed E-state index contributed by atoms with van der Waals surface area (Å²) in [4.78, 5) is 12.1. The first-order valence-corrected chi connectivity index (χ1v) is 8.50. The van der Waals surface area contributed by atoms with Gasteiger partial charge in [0, 0.05) is 25.6 Å². The van der Waals surface area contributed by atoms with E-state index in [2.05, 4.69) is 29.7 Å². The van der Waals surface area contributed by atoms with E-state index in [0.717, 1.165) is 31.7 Å². The fourth-order valence-electron chi connectivity index (χ4n) is 3.30. The van der Waals surface area contributed by atoms with Crippen molar-refractivity contribution in [2.24, 2.45) is 0 Å². The SMILES string of the molecule is CC1Cc2cc(C[C@@H](C)NC(=O)CC3CNCCO3)ccc2O1. The number of rotatable bonds is 5. The molecular formula is C18H26N2O3. The van der Waals surface area contributed by atoms with Crippen LogP contribution in [0.3, 0.4) is 0 Å². The fraction of sp³-hybridized carbons (Fsp3) is 0.611. The van der Waals surface area contributed by atoms with Crippen LogP contribution in [0.5, 0.6) is 5.75 Å². The Labute approximate surface area is 137 Å². The van der Waals surface area contributed by atoms with Crippen molar-refractivity contribution < 1.29 is 14.3 Å². The van der Waals surface area contributed by atoms with E-state index >= 15 is 0 Å². The van der Waals surface area contributed by atoms with E-state index in [0.29, 0.717) is 13.0 Å². The fourth-order valence-corrected chi connectivity index (χ4v) is 3.30. The Kier molecular flexibility index (Phi) is 5.18. The highest BCUT2D eigenvalue weighted by Gasteiger charge is 2.20. The maximum atomic E-state index is 12.1. The van der Waals surface area contributed by atoms with Crippen molar-refractivity contribution in [1.29, 1.82) is 0 Å². The number of nitrogens with one attached hydrogen (secondary N) is 2. The van der Waals surface area contributed by atoms with Crippen LogP contribution in [0.2, 0.25) is 0 Å². The lowest BCUT2D eigenvalue weighted by Crippen LogP contribution is -2.43. The second-order valence-corrected chi connectivity index (χ2v) is 6.65. The van der Waals surface area contributed by atoms with Crippen molar-refractivity contribution >= 4 is 5.91 Å². The predicted octanol–water partition coefficient (Wildman–Crippen LogP) is 1.44. The molecule has 0 aromatic heterocycles. The number of carbonyl (C=O) groups is 1. The van der Waals surface area contributed by atoms with E-state index < -0.39 is 0 Å². The van der Waals surface area contributed by atoms with Crippen LogP contribution in [-0.2, 0) is 22.4 Å². The quantitative estimate of drug-likeness (QED) is 0.862. The highest BCUT2D eigenvalue weighted by molar-refractivity contribution is 5.76. The number of carbonyl (C=O) groups excluding carboxylic acids is 1. The third kappa shape index (κ3) is 4.45. The molecule has 5 nitrogen and oxygen atoms in total. The van der Waals surface area contributed by atoms with Crippen LogP contribution >= 0.6 is 0 Å². The number of hydrogen-bond acceptors (Lipinski definition) is 4. The largest absolute Gasteiger partial charge is 0.490 e. The van der Waals surface area contributed by atoms with Gasteiger partial charge in [0.15, 0.2) is 0 Å². The molecule has 1 aromatic carbocycles. The van der Waals surface area contributed by atoms with Crippen molar-refractivity contribution in [3.05, 3.63) is 29.3 Å². The van der Waals surface area contributed by atoms with Crippen molar-refractivity contribution in [3.8, 4) is 5.75 Å². The van der Waals surface area contributed by atoms with Crippen LogP contribution in [0.4, 0.5) is 0 Å². The summed E-state index contributed by atoms with van der Waals surface area (Å²) in [6, 6.07) is 6.45. The molecule has 0 bridgehead atoms. The predicted molar refractivity (Wildman–Crippen MR) is 88.8 cm³/mol. The van der Waals surface area contributed by atoms with Gasteiger partial charge in [0.1, 0.15) is 11.9 Å². The highest BCUT2D eigenvalue weighted by Crippen LogP contribution is 2.29. The summed E-state index contributed by atoms with van der Waals surface area (Å²) in [5.74, 6) is 1.06. The van der Waals surface area contributed by atoms with Crippen LogP contribution in [0.15, 0.2) is 18.2 Å². The lowest BCUT2D eigenvalue weighted by Gasteiger charge is -2.24. The van der Waals surface area contributed by atoms with Gasteiger partial charge in [0.25, 0.3) is 0 Å². The zero-order chi connectivity index (χ0) is 16.2. The molecule has 2 heterocycles. The first-order chi connectivity index (χ1) is 11.1. The van der Waals surface area contributed by atoms with E-state index in [4.69, 9.17) is 9.47 Å². The van der Waals surface area contributed by atoms with E-state index in [-0.39, 0.29) is 24.2 Å². The highest BCUT2D eigenvalue weighted by atomic mass is 16.5. The molecule has 0 saturated carbocycles. The van der Waals surface area contributed by atoms with Crippen LogP contribution in [0.25, 0.3) is 0 Å². The summed E-state index contributed by atoms with van der Waals surface area (Å²) < 4.78 is 11.3. The Morgan fingerprint density at radius 3 is 3.13 bits per heavy atom. The molecule has 23 heavy (non-hydrogen) atoms. The number of morpholine rings is 1. The van der Waals surface area contributed by atoms with E-state index in [9.17, 15) is 4.79 Å². The van der Waals surface area contributed by atoms with E-state index in [1.54, 1.807) is 0 Å². The summed E-state index contributed by atoms with van der Waals surface area (Å²) in [7, 11) is 0. The van der Waals surface area contributed by atoms with Gasteiger partial charge in [0.05, 0.1) is 19.1 Å². The van der Waals surface area contributed by atoms with Gasteiger partial charge in [-0.05, 0) is 37.5 Å². The Balaban J connectivity index is 1.48. The van der Waals surface area contributed by atoms with Gasteiger partial charge < -0.3 is 20.1 Å². The molecule has 2 N–H and O–H groups in total. The van der Waals surface area contributed by atoms with Crippen LogP contribution < -0.4 is 15.4 Å². The number of benzene rings is 1. The lowest BCUT2D eigenvalue weighted by molar-refractivity contribution is -0.125. The average Bonchev–Trinajstić information content (AvgIpc) is 2.87.